The Bertz CT molecular complexity index is 418. The zero-order valence-electron chi connectivity index (χ0n) is 10.2. The monoisotopic (exact) mass is 311 g/mol. The fourth-order valence-electron chi connectivity index (χ4n) is 2.14. The highest BCUT2D eigenvalue weighted by Gasteiger charge is 2.31. The normalized spacial score (nSPS) is 16.3. The van der Waals surface area contributed by atoms with Gasteiger partial charge in [-0.25, -0.2) is 0 Å². The Balaban J connectivity index is 1.89. The molecule has 0 radical (unpaired) electrons. The van der Waals surface area contributed by atoms with Gasteiger partial charge in [0.2, 0.25) is 5.91 Å². The van der Waals surface area contributed by atoms with Gasteiger partial charge in [-0.05, 0) is 36.8 Å². The third kappa shape index (κ3) is 3.82. The molecule has 0 aromatic heterocycles. The van der Waals surface area contributed by atoms with Crippen LogP contribution in [0.2, 0.25) is 0 Å². The lowest BCUT2D eigenvalue weighted by atomic mass is 10.1. The van der Waals surface area contributed by atoms with Crippen molar-refractivity contribution in [2.24, 2.45) is 5.92 Å². The Hall–Kier alpha value is -0.870. The second-order valence-corrected chi connectivity index (χ2v) is 5.65. The summed E-state index contributed by atoms with van der Waals surface area (Å²) < 4.78 is 0.963. The third-order valence-electron chi connectivity index (χ3n) is 3.29. The molecule has 1 saturated carbocycles. The summed E-state index contributed by atoms with van der Waals surface area (Å²) in [5.41, 5.74) is 0.994. The number of benzene rings is 1. The molecule has 18 heavy (non-hydrogen) atoms. The van der Waals surface area contributed by atoms with Gasteiger partial charge in [0.25, 0.3) is 0 Å². The van der Waals surface area contributed by atoms with Crippen LogP contribution < -0.4 is 5.32 Å². The number of aliphatic hydroxyl groups excluding tert-OH is 1. The molecule has 1 aromatic carbocycles. The summed E-state index contributed by atoms with van der Waals surface area (Å²) in [6.45, 7) is 0.135. The van der Waals surface area contributed by atoms with Gasteiger partial charge in [-0.1, -0.05) is 34.1 Å². The standard InChI is InChI=1S/C14H18BrNO2/c15-12-4-2-1-3-11(12)9-14(18)16-13(7-8-17)10-5-6-10/h1-4,10,13,17H,5-9H2,(H,16,18). The molecule has 3 nitrogen and oxygen atoms in total. The number of hydrogen-bond acceptors (Lipinski definition) is 2. The lowest BCUT2D eigenvalue weighted by Crippen LogP contribution is -2.38. The average Bonchev–Trinajstić information content (AvgIpc) is 3.16. The van der Waals surface area contributed by atoms with Crippen LogP contribution in [0.4, 0.5) is 0 Å². The summed E-state index contributed by atoms with van der Waals surface area (Å²) in [7, 11) is 0. The van der Waals surface area contributed by atoms with E-state index in [1.807, 2.05) is 24.3 Å². The highest BCUT2D eigenvalue weighted by Crippen LogP contribution is 2.34. The fourth-order valence-corrected chi connectivity index (χ4v) is 2.56. The predicted octanol–water partition coefficient (Wildman–Crippen LogP) is 2.27. The van der Waals surface area contributed by atoms with E-state index < -0.39 is 0 Å². The molecule has 0 aliphatic heterocycles. The smallest absolute Gasteiger partial charge is 0.224 e. The number of rotatable bonds is 6. The van der Waals surface area contributed by atoms with Crippen LogP contribution in [0.1, 0.15) is 24.8 Å². The molecule has 2 rings (SSSR count). The molecule has 1 amide bonds. The summed E-state index contributed by atoms with van der Waals surface area (Å²) >= 11 is 3.44. The van der Waals surface area contributed by atoms with Crippen molar-refractivity contribution in [3.8, 4) is 0 Å². The number of aliphatic hydroxyl groups is 1. The first kappa shape index (κ1) is 13.6. The van der Waals surface area contributed by atoms with Crippen molar-refractivity contribution < 1.29 is 9.90 Å². The Kier molecular flexibility index (Phi) is 4.78. The van der Waals surface area contributed by atoms with Crippen LogP contribution in [0.5, 0.6) is 0 Å². The summed E-state index contributed by atoms with van der Waals surface area (Å²) in [6, 6.07) is 7.89. The number of carbonyl (C=O) groups excluding carboxylic acids is 1. The average molecular weight is 312 g/mol. The first-order valence-electron chi connectivity index (χ1n) is 6.34. The first-order valence-corrected chi connectivity index (χ1v) is 7.13. The second kappa shape index (κ2) is 6.34. The van der Waals surface area contributed by atoms with E-state index in [4.69, 9.17) is 5.11 Å². The first-order chi connectivity index (χ1) is 8.70. The summed E-state index contributed by atoms with van der Waals surface area (Å²) in [4.78, 5) is 12.0. The van der Waals surface area contributed by atoms with Crippen molar-refractivity contribution in [3.05, 3.63) is 34.3 Å². The molecule has 1 fully saturated rings. The maximum absolute atomic E-state index is 12.0. The largest absolute Gasteiger partial charge is 0.396 e. The SMILES string of the molecule is O=C(Cc1ccccc1Br)NC(CCO)C1CC1. The number of carbonyl (C=O) groups is 1. The summed E-state index contributed by atoms with van der Waals surface area (Å²) in [5.74, 6) is 0.604. The molecule has 1 unspecified atom stereocenters. The van der Waals surface area contributed by atoms with Crippen molar-refractivity contribution in [1.29, 1.82) is 0 Å². The quantitative estimate of drug-likeness (QED) is 0.846. The molecule has 0 heterocycles. The van der Waals surface area contributed by atoms with E-state index in [9.17, 15) is 4.79 Å². The molecule has 98 valence electrons. The van der Waals surface area contributed by atoms with Crippen molar-refractivity contribution in [3.63, 3.8) is 0 Å². The predicted molar refractivity (Wildman–Crippen MR) is 74.2 cm³/mol. The minimum atomic E-state index is 0.0345. The maximum Gasteiger partial charge on any atom is 0.224 e. The summed E-state index contributed by atoms with van der Waals surface area (Å²) in [6.07, 6.45) is 3.38. The Labute approximate surface area is 116 Å². The number of halogens is 1. The molecule has 1 atom stereocenters. The molecule has 4 heteroatoms. The van der Waals surface area contributed by atoms with Gasteiger partial charge < -0.3 is 10.4 Å². The van der Waals surface area contributed by atoms with E-state index >= 15 is 0 Å². The van der Waals surface area contributed by atoms with Gasteiger partial charge in [0.15, 0.2) is 0 Å². The minimum Gasteiger partial charge on any atom is -0.396 e. The van der Waals surface area contributed by atoms with Gasteiger partial charge >= 0.3 is 0 Å². The maximum atomic E-state index is 12.0. The highest BCUT2D eigenvalue weighted by atomic mass is 79.9. The number of amides is 1. The van der Waals surface area contributed by atoms with E-state index in [0.29, 0.717) is 18.8 Å². The lowest BCUT2D eigenvalue weighted by molar-refractivity contribution is -0.121. The summed E-state index contributed by atoms with van der Waals surface area (Å²) in [5, 5.41) is 12.0. The third-order valence-corrected chi connectivity index (χ3v) is 4.06. The molecule has 0 saturated heterocycles. The Morgan fingerprint density at radius 3 is 2.78 bits per heavy atom. The van der Waals surface area contributed by atoms with E-state index in [-0.39, 0.29) is 18.6 Å². The van der Waals surface area contributed by atoms with Crippen molar-refractivity contribution in [2.75, 3.05) is 6.61 Å². The molecule has 1 aliphatic carbocycles. The van der Waals surface area contributed by atoms with Crippen LogP contribution in [0, 0.1) is 5.92 Å². The van der Waals surface area contributed by atoms with Crippen molar-refractivity contribution in [1.82, 2.24) is 5.32 Å². The topological polar surface area (TPSA) is 49.3 Å². The van der Waals surface area contributed by atoms with Gasteiger partial charge in [-0.3, -0.25) is 4.79 Å². The van der Waals surface area contributed by atoms with E-state index in [1.165, 1.54) is 12.8 Å². The molecule has 1 aromatic rings. The van der Waals surface area contributed by atoms with Crippen LogP contribution in [-0.2, 0) is 11.2 Å². The molecule has 0 bridgehead atoms. The van der Waals surface area contributed by atoms with E-state index in [2.05, 4.69) is 21.2 Å². The van der Waals surface area contributed by atoms with Crippen LogP contribution in [-0.4, -0.2) is 23.7 Å². The molecule has 2 N–H and O–H groups in total. The van der Waals surface area contributed by atoms with E-state index in [0.717, 1.165) is 10.0 Å². The van der Waals surface area contributed by atoms with Crippen LogP contribution in [0.15, 0.2) is 28.7 Å². The second-order valence-electron chi connectivity index (χ2n) is 4.79. The van der Waals surface area contributed by atoms with Gasteiger partial charge in [0.1, 0.15) is 0 Å². The van der Waals surface area contributed by atoms with Gasteiger partial charge in [-0.15, -0.1) is 0 Å². The van der Waals surface area contributed by atoms with Crippen LogP contribution in [0.3, 0.4) is 0 Å². The van der Waals surface area contributed by atoms with Gasteiger partial charge in [0, 0.05) is 17.1 Å². The zero-order chi connectivity index (χ0) is 13.0. The fraction of sp³-hybridized carbons (Fsp3) is 0.500. The van der Waals surface area contributed by atoms with Crippen molar-refractivity contribution in [2.45, 2.75) is 31.7 Å². The molecule has 0 spiro atoms. The van der Waals surface area contributed by atoms with Crippen LogP contribution >= 0.6 is 15.9 Å². The van der Waals surface area contributed by atoms with E-state index in [1.54, 1.807) is 0 Å². The minimum absolute atomic E-state index is 0.0345. The lowest BCUT2D eigenvalue weighted by Gasteiger charge is -2.17. The van der Waals surface area contributed by atoms with Gasteiger partial charge in [-0.2, -0.15) is 0 Å². The molecular formula is C14H18BrNO2. The Morgan fingerprint density at radius 2 is 2.17 bits per heavy atom. The highest BCUT2D eigenvalue weighted by molar-refractivity contribution is 9.10. The van der Waals surface area contributed by atoms with Crippen LogP contribution in [0.25, 0.3) is 0 Å². The van der Waals surface area contributed by atoms with Gasteiger partial charge in [0.05, 0.1) is 6.42 Å². The Morgan fingerprint density at radius 1 is 1.44 bits per heavy atom. The zero-order valence-corrected chi connectivity index (χ0v) is 11.8. The number of hydrogen-bond donors (Lipinski definition) is 2. The molecular weight excluding hydrogens is 294 g/mol. The number of nitrogens with one attached hydrogen (secondary N) is 1. The van der Waals surface area contributed by atoms with Crippen molar-refractivity contribution >= 4 is 21.8 Å². The molecule has 1 aliphatic rings.